The van der Waals surface area contributed by atoms with Gasteiger partial charge in [-0.05, 0) is 35.7 Å². The van der Waals surface area contributed by atoms with Crippen LogP contribution >= 0.6 is 0 Å². The largest absolute Gasteiger partial charge is 0.497 e. The summed E-state index contributed by atoms with van der Waals surface area (Å²) in [4.78, 5) is 12.2. The molecule has 0 atom stereocenters. The van der Waals surface area contributed by atoms with Gasteiger partial charge in [-0.15, -0.1) is 0 Å². The Morgan fingerprint density at radius 2 is 1.81 bits per heavy atom. The molecule has 0 unspecified atom stereocenters. The Kier molecular flexibility index (Phi) is 4.48. The van der Waals surface area contributed by atoms with Crippen LogP contribution in [0.3, 0.4) is 0 Å². The lowest BCUT2D eigenvalue weighted by atomic mass is 10.0. The van der Waals surface area contributed by atoms with Gasteiger partial charge >= 0.3 is 0 Å². The van der Waals surface area contributed by atoms with Crippen molar-refractivity contribution < 1.29 is 9.53 Å². The second kappa shape index (κ2) is 6.31. The highest BCUT2D eigenvalue weighted by Crippen LogP contribution is 2.22. The summed E-state index contributed by atoms with van der Waals surface area (Å²) in [6, 6.07) is 12.8. The zero-order valence-corrected chi connectivity index (χ0v) is 12.5. The fourth-order valence-electron chi connectivity index (χ4n) is 2.02. The molecule has 2 rings (SSSR count). The Hall–Kier alpha value is -2.49. The van der Waals surface area contributed by atoms with E-state index in [2.05, 4.69) is 19.2 Å². The molecule has 2 aromatic rings. The fourth-order valence-corrected chi connectivity index (χ4v) is 2.02. The summed E-state index contributed by atoms with van der Waals surface area (Å²) in [5.41, 5.74) is 8.69. The summed E-state index contributed by atoms with van der Waals surface area (Å²) in [5.74, 6) is 0.866. The minimum atomic E-state index is -0.229. The maximum Gasteiger partial charge on any atom is 0.257 e. The molecular formula is C17H20N2O2. The predicted molar refractivity (Wildman–Crippen MR) is 85.9 cm³/mol. The number of carbonyl (C=O) groups excluding carboxylic acids is 1. The number of methoxy groups -OCH3 is 1. The summed E-state index contributed by atoms with van der Waals surface area (Å²) in [6.07, 6.45) is 0. The molecule has 0 saturated heterocycles. The standard InChI is InChI=1S/C17H20N2O2/c1-11(2)12-4-6-13(7-5-12)19-17(20)15-9-8-14(21-3)10-16(15)18/h4-11H,18H2,1-3H3,(H,19,20). The van der Waals surface area contributed by atoms with Gasteiger partial charge < -0.3 is 15.8 Å². The average Bonchev–Trinajstić information content (AvgIpc) is 2.47. The van der Waals surface area contributed by atoms with Gasteiger partial charge in [-0.3, -0.25) is 4.79 Å². The number of benzene rings is 2. The smallest absolute Gasteiger partial charge is 0.257 e. The summed E-state index contributed by atoms with van der Waals surface area (Å²) in [5, 5.41) is 2.84. The number of rotatable bonds is 4. The lowest BCUT2D eigenvalue weighted by Gasteiger charge is -2.10. The van der Waals surface area contributed by atoms with Gasteiger partial charge in [-0.2, -0.15) is 0 Å². The third-order valence-electron chi connectivity index (χ3n) is 3.34. The van der Waals surface area contributed by atoms with Gasteiger partial charge in [-0.25, -0.2) is 0 Å². The number of nitrogens with two attached hydrogens (primary N) is 1. The van der Waals surface area contributed by atoms with E-state index in [-0.39, 0.29) is 5.91 Å². The summed E-state index contributed by atoms with van der Waals surface area (Å²) in [7, 11) is 1.56. The van der Waals surface area contributed by atoms with Crippen LogP contribution in [0.5, 0.6) is 5.75 Å². The lowest BCUT2D eigenvalue weighted by Crippen LogP contribution is -2.14. The molecule has 4 heteroatoms. The van der Waals surface area contributed by atoms with Gasteiger partial charge in [0, 0.05) is 17.4 Å². The minimum absolute atomic E-state index is 0.229. The summed E-state index contributed by atoms with van der Waals surface area (Å²) in [6.45, 7) is 4.26. The van der Waals surface area contributed by atoms with Crippen molar-refractivity contribution >= 4 is 17.3 Å². The van der Waals surface area contributed by atoms with E-state index in [0.717, 1.165) is 5.69 Å². The molecule has 0 bridgehead atoms. The molecule has 0 aliphatic rings. The lowest BCUT2D eigenvalue weighted by molar-refractivity contribution is 0.102. The van der Waals surface area contributed by atoms with Crippen LogP contribution in [0.2, 0.25) is 0 Å². The number of nitrogen functional groups attached to an aromatic ring is 1. The van der Waals surface area contributed by atoms with E-state index in [9.17, 15) is 4.79 Å². The van der Waals surface area contributed by atoms with Gasteiger partial charge in [0.25, 0.3) is 5.91 Å². The van der Waals surface area contributed by atoms with Crippen molar-refractivity contribution in [3.05, 3.63) is 53.6 Å². The van der Waals surface area contributed by atoms with Gasteiger partial charge in [-0.1, -0.05) is 26.0 Å². The Labute approximate surface area is 124 Å². The molecule has 0 heterocycles. The summed E-state index contributed by atoms with van der Waals surface area (Å²) >= 11 is 0. The average molecular weight is 284 g/mol. The first-order valence-corrected chi connectivity index (χ1v) is 6.86. The van der Waals surface area contributed by atoms with E-state index in [1.165, 1.54) is 5.56 Å². The normalized spacial score (nSPS) is 10.5. The molecule has 21 heavy (non-hydrogen) atoms. The van der Waals surface area contributed by atoms with Crippen LogP contribution in [-0.2, 0) is 0 Å². The Morgan fingerprint density at radius 1 is 1.14 bits per heavy atom. The van der Waals surface area contributed by atoms with Crippen LogP contribution in [0.4, 0.5) is 11.4 Å². The third kappa shape index (κ3) is 3.54. The molecule has 0 aromatic heterocycles. The van der Waals surface area contributed by atoms with Crippen molar-refractivity contribution in [2.24, 2.45) is 0 Å². The van der Waals surface area contributed by atoms with E-state index in [0.29, 0.717) is 22.9 Å². The van der Waals surface area contributed by atoms with E-state index >= 15 is 0 Å². The predicted octanol–water partition coefficient (Wildman–Crippen LogP) is 3.65. The quantitative estimate of drug-likeness (QED) is 0.842. The first-order chi connectivity index (χ1) is 10.0. The minimum Gasteiger partial charge on any atom is -0.497 e. The number of ether oxygens (including phenoxy) is 1. The van der Waals surface area contributed by atoms with Crippen molar-refractivity contribution in [3.63, 3.8) is 0 Å². The molecular weight excluding hydrogens is 264 g/mol. The molecule has 2 aromatic carbocycles. The zero-order valence-electron chi connectivity index (χ0n) is 12.5. The highest BCUT2D eigenvalue weighted by molar-refractivity contribution is 6.07. The molecule has 0 aliphatic heterocycles. The maximum absolute atomic E-state index is 12.2. The van der Waals surface area contributed by atoms with Crippen molar-refractivity contribution in [1.29, 1.82) is 0 Å². The SMILES string of the molecule is COc1ccc(C(=O)Nc2ccc(C(C)C)cc2)c(N)c1. The maximum atomic E-state index is 12.2. The van der Waals surface area contributed by atoms with Crippen molar-refractivity contribution in [2.45, 2.75) is 19.8 Å². The molecule has 0 radical (unpaired) electrons. The number of carbonyl (C=O) groups is 1. The molecule has 110 valence electrons. The second-order valence-electron chi connectivity index (χ2n) is 5.18. The Bertz CT molecular complexity index is 634. The van der Waals surface area contributed by atoms with E-state index in [1.54, 1.807) is 25.3 Å². The molecule has 0 fully saturated rings. The monoisotopic (exact) mass is 284 g/mol. The second-order valence-corrected chi connectivity index (χ2v) is 5.18. The number of nitrogens with one attached hydrogen (secondary N) is 1. The molecule has 0 aliphatic carbocycles. The highest BCUT2D eigenvalue weighted by Gasteiger charge is 2.11. The summed E-state index contributed by atoms with van der Waals surface area (Å²) < 4.78 is 5.07. The van der Waals surface area contributed by atoms with Crippen molar-refractivity contribution in [2.75, 3.05) is 18.2 Å². The molecule has 0 saturated carbocycles. The van der Waals surface area contributed by atoms with Crippen molar-refractivity contribution in [1.82, 2.24) is 0 Å². The Balaban J connectivity index is 2.14. The van der Waals surface area contributed by atoms with Crippen molar-refractivity contribution in [3.8, 4) is 5.75 Å². The highest BCUT2D eigenvalue weighted by atomic mass is 16.5. The number of hydrogen-bond acceptors (Lipinski definition) is 3. The van der Waals surface area contributed by atoms with Crippen LogP contribution in [0.1, 0.15) is 35.7 Å². The van der Waals surface area contributed by atoms with E-state index in [1.807, 2.05) is 24.3 Å². The van der Waals surface area contributed by atoms with Crippen LogP contribution in [-0.4, -0.2) is 13.0 Å². The van der Waals surface area contributed by atoms with E-state index < -0.39 is 0 Å². The number of amides is 1. The topological polar surface area (TPSA) is 64.3 Å². The first kappa shape index (κ1) is 14.9. The van der Waals surface area contributed by atoms with Gasteiger partial charge in [0.2, 0.25) is 0 Å². The Morgan fingerprint density at radius 3 is 2.33 bits per heavy atom. The van der Waals surface area contributed by atoms with Crippen LogP contribution in [0, 0.1) is 0 Å². The van der Waals surface area contributed by atoms with Gasteiger partial charge in [0.1, 0.15) is 5.75 Å². The molecule has 4 nitrogen and oxygen atoms in total. The van der Waals surface area contributed by atoms with Gasteiger partial charge in [0.15, 0.2) is 0 Å². The fraction of sp³-hybridized carbons (Fsp3) is 0.235. The van der Waals surface area contributed by atoms with Gasteiger partial charge in [0.05, 0.1) is 12.7 Å². The van der Waals surface area contributed by atoms with Crippen LogP contribution in [0.25, 0.3) is 0 Å². The first-order valence-electron chi connectivity index (χ1n) is 6.86. The molecule has 3 N–H and O–H groups in total. The zero-order chi connectivity index (χ0) is 15.4. The molecule has 1 amide bonds. The third-order valence-corrected chi connectivity index (χ3v) is 3.34. The molecule has 0 spiro atoms. The number of hydrogen-bond donors (Lipinski definition) is 2. The number of anilines is 2. The van der Waals surface area contributed by atoms with Crippen LogP contribution < -0.4 is 15.8 Å². The van der Waals surface area contributed by atoms with E-state index in [4.69, 9.17) is 10.5 Å². The van der Waals surface area contributed by atoms with Crippen LogP contribution in [0.15, 0.2) is 42.5 Å².